The van der Waals surface area contributed by atoms with E-state index in [2.05, 4.69) is 187 Å². The third-order valence-electron chi connectivity index (χ3n) is 12.6. The fraction of sp³-hybridized carbons (Fsp3) is 0. The van der Waals surface area contributed by atoms with E-state index in [9.17, 15) is 4.79 Å². The molecule has 268 valence electrons. The Kier molecular flexibility index (Phi) is 6.31. The molecule has 0 aliphatic heterocycles. The highest BCUT2D eigenvalue weighted by Crippen LogP contribution is 2.42. The fourth-order valence-electron chi connectivity index (χ4n) is 10.1. The Labute approximate surface area is 332 Å². The van der Waals surface area contributed by atoms with Crippen molar-refractivity contribution in [2.75, 3.05) is 0 Å². The SMILES string of the molecule is O=c1c2ccc(-c3cccc4c3ccc3ccccc34)cc2c2cc(-c3cccc4cc(-n5c6ccccc6c6ccccc65)ccc34)cc3c4ccccc4n1c23. The van der Waals surface area contributed by atoms with Crippen LogP contribution in [0.25, 0.3) is 120 Å². The zero-order valence-electron chi connectivity index (χ0n) is 31.3. The first-order valence-corrected chi connectivity index (χ1v) is 19.9. The minimum atomic E-state index is 0.0136. The predicted octanol–water partition coefficient (Wildman–Crippen LogP) is 14.1. The number of pyridine rings is 1. The van der Waals surface area contributed by atoms with Crippen LogP contribution in [0.4, 0.5) is 0 Å². The van der Waals surface area contributed by atoms with Crippen molar-refractivity contribution in [2.24, 2.45) is 0 Å². The minimum Gasteiger partial charge on any atom is -0.309 e. The Balaban J connectivity index is 1.07. The summed E-state index contributed by atoms with van der Waals surface area (Å²) < 4.78 is 4.32. The minimum absolute atomic E-state index is 0.0136. The number of rotatable bonds is 3. The fourth-order valence-corrected chi connectivity index (χ4v) is 10.1. The third kappa shape index (κ3) is 4.25. The van der Waals surface area contributed by atoms with Crippen LogP contribution in [-0.2, 0) is 0 Å². The Morgan fingerprint density at radius 3 is 1.64 bits per heavy atom. The number of benzene rings is 10. The molecule has 0 aliphatic rings. The maximum absolute atomic E-state index is 14.6. The van der Waals surface area contributed by atoms with Gasteiger partial charge in [0.2, 0.25) is 0 Å². The number of fused-ring (bicyclic) bond motifs is 12. The molecule has 3 heteroatoms. The number of hydrogen-bond acceptors (Lipinski definition) is 1. The summed E-state index contributed by atoms with van der Waals surface area (Å²) in [4.78, 5) is 14.6. The summed E-state index contributed by atoms with van der Waals surface area (Å²) in [6.45, 7) is 0. The van der Waals surface area contributed by atoms with Crippen LogP contribution in [-0.4, -0.2) is 8.97 Å². The van der Waals surface area contributed by atoms with Crippen molar-refractivity contribution in [3.63, 3.8) is 0 Å². The topological polar surface area (TPSA) is 26.4 Å². The van der Waals surface area contributed by atoms with Gasteiger partial charge in [-0.05, 0) is 115 Å². The van der Waals surface area contributed by atoms with Crippen LogP contribution >= 0.6 is 0 Å². The summed E-state index contributed by atoms with van der Waals surface area (Å²) in [6.07, 6.45) is 0. The van der Waals surface area contributed by atoms with E-state index >= 15 is 0 Å². The maximum Gasteiger partial charge on any atom is 0.263 e. The molecule has 13 rings (SSSR count). The number of hydrogen-bond donors (Lipinski definition) is 0. The second kappa shape index (κ2) is 11.6. The molecule has 10 aromatic carbocycles. The molecule has 0 bridgehead atoms. The van der Waals surface area contributed by atoms with Gasteiger partial charge in [-0.2, -0.15) is 0 Å². The lowest BCUT2D eigenvalue weighted by Crippen LogP contribution is -2.13. The van der Waals surface area contributed by atoms with Crippen molar-refractivity contribution in [1.29, 1.82) is 0 Å². The van der Waals surface area contributed by atoms with Crippen LogP contribution in [0.15, 0.2) is 199 Å². The first-order valence-electron chi connectivity index (χ1n) is 19.9. The molecule has 0 atom stereocenters. The first-order chi connectivity index (χ1) is 28.7. The monoisotopic (exact) mass is 736 g/mol. The van der Waals surface area contributed by atoms with Gasteiger partial charge < -0.3 is 4.57 Å². The van der Waals surface area contributed by atoms with Gasteiger partial charge in [-0.1, -0.05) is 140 Å². The highest BCUT2D eigenvalue weighted by Gasteiger charge is 2.20. The summed E-state index contributed by atoms with van der Waals surface area (Å²) in [6, 6.07) is 69.8. The average molecular weight is 737 g/mol. The van der Waals surface area contributed by atoms with Crippen molar-refractivity contribution < 1.29 is 0 Å². The van der Waals surface area contributed by atoms with Gasteiger partial charge in [0.25, 0.3) is 5.56 Å². The zero-order valence-corrected chi connectivity index (χ0v) is 31.3. The van der Waals surface area contributed by atoms with Crippen LogP contribution in [0.1, 0.15) is 0 Å². The highest BCUT2D eigenvalue weighted by atomic mass is 16.1. The van der Waals surface area contributed by atoms with E-state index in [-0.39, 0.29) is 5.56 Å². The summed E-state index contributed by atoms with van der Waals surface area (Å²) >= 11 is 0. The summed E-state index contributed by atoms with van der Waals surface area (Å²) in [5, 5.41) is 14.7. The van der Waals surface area contributed by atoms with Crippen LogP contribution < -0.4 is 5.56 Å². The van der Waals surface area contributed by atoms with Gasteiger partial charge in [-0.15, -0.1) is 0 Å². The Morgan fingerprint density at radius 2 is 0.862 bits per heavy atom. The van der Waals surface area contributed by atoms with E-state index in [1.807, 2.05) is 16.5 Å². The van der Waals surface area contributed by atoms with Crippen molar-refractivity contribution in [3.8, 4) is 27.9 Å². The van der Waals surface area contributed by atoms with E-state index in [4.69, 9.17) is 0 Å². The number of para-hydroxylation sites is 3. The summed E-state index contributed by atoms with van der Waals surface area (Å²) in [5.74, 6) is 0. The van der Waals surface area contributed by atoms with Crippen LogP contribution in [0.2, 0.25) is 0 Å². The molecule has 0 radical (unpaired) electrons. The van der Waals surface area contributed by atoms with Gasteiger partial charge in [-0.3, -0.25) is 9.20 Å². The smallest absolute Gasteiger partial charge is 0.263 e. The molecule has 0 fully saturated rings. The van der Waals surface area contributed by atoms with Crippen molar-refractivity contribution in [3.05, 3.63) is 204 Å². The molecule has 0 unspecified atom stereocenters. The lowest BCUT2D eigenvalue weighted by atomic mass is 9.91. The van der Waals surface area contributed by atoms with Gasteiger partial charge in [-0.25, -0.2) is 0 Å². The second-order valence-corrected chi connectivity index (χ2v) is 15.6. The Bertz CT molecular complexity index is 3890. The van der Waals surface area contributed by atoms with E-state index in [1.165, 1.54) is 54.1 Å². The molecule has 0 saturated heterocycles. The first kappa shape index (κ1) is 31.5. The van der Waals surface area contributed by atoms with Gasteiger partial charge in [0.15, 0.2) is 0 Å². The third-order valence-corrected chi connectivity index (χ3v) is 12.6. The van der Waals surface area contributed by atoms with Crippen LogP contribution in [0, 0.1) is 0 Å². The maximum atomic E-state index is 14.6. The standard InChI is InChI=1S/C55H32N2O/c58-55-47-27-24-35(39-18-10-19-42-38-13-2-1-11-33(38)23-26-43(39)42)30-48(47)50-32-36(31-49-46-16-5-8-22-53(46)57(55)54(49)50)40-17-9-12-34-29-37(25-28-41(34)40)56-51-20-6-3-14-44(51)45-15-4-7-21-52(45)56/h1-32H. The van der Waals surface area contributed by atoms with E-state index < -0.39 is 0 Å². The highest BCUT2D eigenvalue weighted by molar-refractivity contribution is 6.23. The van der Waals surface area contributed by atoms with Crippen molar-refractivity contribution in [2.45, 2.75) is 0 Å². The van der Waals surface area contributed by atoms with Gasteiger partial charge in [0.1, 0.15) is 0 Å². The van der Waals surface area contributed by atoms with Crippen LogP contribution in [0.3, 0.4) is 0 Å². The molecule has 0 N–H and O–H groups in total. The molecule has 3 nitrogen and oxygen atoms in total. The molecular formula is C55H32N2O. The van der Waals surface area contributed by atoms with Gasteiger partial charge in [0.05, 0.1) is 22.1 Å². The Hall–Kier alpha value is -7.75. The predicted molar refractivity (Wildman–Crippen MR) is 245 cm³/mol. The Morgan fingerprint density at radius 1 is 0.310 bits per heavy atom. The number of nitrogens with zero attached hydrogens (tertiary/aromatic N) is 2. The van der Waals surface area contributed by atoms with E-state index in [0.717, 1.165) is 65.9 Å². The molecule has 58 heavy (non-hydrogen) atoms. The molecular weight excluding hydrogens is 705 g/mol. The van der Waals surface area contributed by atoms with Crippen LogP contribution in [0.5, 0.6) is 0 Å². The molecule has 0 aliphatic carbocycles. The normalized spacial score (nSPS) is 12.2. The van der Waals surface area contributed by atoms with E-state index in [1.54, 1.807) is 0 Å². The molecule has 0 spiro atoms. The summed E-state index contributed by atoms with van der Waals surface area (Å²) in [5.41, 5.74) is 10.00. The molecule has 3 heterocycles. The molecule has 3 aromatic heterocycles. The van der Waals surface area contributed by atoms with Crippen molar-refractivity contribution in [1.82, 2.24) is 8.97 Å². The summed E-state index contributed by atoms with van der Waals surface area (Å²) in [7, 11) is 0. The molecule has 0 amide bonds. The van der Waals surface area contributed by atoms with Crippen molar-refractivity contribution >= 4 is 92.1 Å². The molecule has 0 saturated carbocycles. The largest absolute Gasteiger partial charge is 0.309 e. The number of aromatic nitrogens is 2. The lowest BCUT2D eigenvalue weighted by Gasteiger charge is -2.14. The molecule has 13 aromatic rings. The van der Waals surface area contributed by atoms with E-state index in [0.29, 0.717) is 0 Å². The lowest BCUT2D eigenvalue weighted by molar-refractivity contribution is 1.19. The van der Waals surface area contributed by atoms with Gasteiger partial charge >= 0.3 is 0 Å². The quantitative estimate of drug-likeness (QED) is 0.166. The zero-order chi connectivity index (χ0) is 38.1. The van der Waals surface area contributed by atoms with Gasteiger partial charge in [0, 0.05) is 38.0 Å². The second-order valence-electron chi connectivity index (χ2n) is 15.6. The average Bonchev–Trinajstić information content (AvgIpc) is 3.81.